The summed E-state index contributed by atoms with van der Waals surface area (Å²) in [5.74, 6) is -1.36. The van der Waals surface area contributed by atoms with Crippen LogP contribution in [0.5, 0.6) is 5.75 Å². The number of carboxylic acids is 1. The van der Waals surface area contributed by atoms with Crippen molar-refractivity contribution in [3.05, 3.63) is 108 Å². The van der Waals surface area contributed by atoms with Gasteiger partial charge in [0.2, 0.25) is 5.91 Å². The number of rotatable bonds is 11. The summed E-state index contributed by atoms with van der Waals surface area (Å²) in [6.45, 7) is 2.24. The molecule has 2 aliphatic heterocycles. The first kappa shape index (κ1) is 33.5. The first-order valence-corrected chi connectivity index (χ1v) is 16.0. The molecule has 2 fully saturated rings. The van der Waals surface area contributed by atoms with Gasteiger partial charge in [0.1, 0.15) is 36.8 Å². The highest BCUT2D eigenvalue weighted by atomic mass is 16.7. The molecule has 48 heavy (non-hydrogen) atoms. The maximum Gasteiger partial charge on any atom is 0.335 e. The molecule has 252 valence electrons. The number of benzene rings is 3. The normalized spacial score (nSPS) is 24.0. The molecule has 2 aliphatic rings. The Kier molecular flexibility index (Phi) is 10.6. The number of hydrogen-bond donors (Lipinski definition) is 4. The van der Waals surface area contributed by atoms with Crippen LogP contribution in [0, 0.1) is 0 Å². The maximum atomic E-state index is 14.0. The average molecular weight is 658 g/mol. The summed E-state index contributed by atoms with van der Waals surface area (Å²) in [4.78, 5) is 34.0. The Morgan fingerprint density at radius 3 is 2.12 bits per heavy atom. The van der Waals surface area contributed by atoms with E-state index in [-0.39, 0.29) is 19.1 Å². The predicted molar refractivity (Wildman–Crippen MR) is 174 cm³/mol. The van der Waals surface area contributed by atoms with Crippen LogP contribution >= 0.6 is 0 Å². The second kappa shape index (κ2) is 15.2. The van der Waals surface area contributed by atoms with Gasteiger partial charge in [-0.15, -0.1) is 0 Å². The zero-order valence-electron chi connectivity index (χ0n) is 26.2. The van der Waals surface area contributed by atoms with Crippen molar-refractivity contribution < 1.29 is 44.2 Å². The highest BCUT2D eigenvalue weighted by Crippen LogP contribution is 2.29. The van der Waals surface area contributed by atoms with Crippen molar-refractivity contribution >= 4 is 22.8 Å². The van der Waals surface area contributed by atoms with E-state index in [0.717, 1.165) is 22.0 Å². The van der Waals surface area contributed by atoms with Gasteiger partial charge in [-0.2, -0.15) is 0 Å². The van der Waals surface area contributed by atoms with Gasteiger partial charge in [-0.1, -0.05) is 66.7 Å². The summed E-state index contributed by atoms with van der Waals surface area (Å²) in [5.41, 5.74) is 2.58. The number of carboxylic acid groups (broad SMARTS) is 1. The quantitative estimate of drug-likeness (QED) is 0.186. The van der Waals surface area contributed by atoms with Crippen molar-refractivity contribution in [3.63, 3.8) is 0 Å². The number of ether oxygens (including phenoxy) is 3. The Balaban J connectivity index is 1.16. The molecule has 0 saturated carbocycles. The van der Waals surface area contributed by atoms with Gasteiger partial charge in [0.25, 0.3) is 0 Å². The van der Waals surface area contributed by atoms with Gasteiger partial charge < -0.3 is 39.5 Å². The number of aliphatic hydroxyl groups excluding tert-OH is 3. The Bertz CT molecular complexity index is 1620. The summed E-state index contributed by atoms with van der Waals surface area (Å²) >= 11 is 0. The molecular weight excluding hydrogens is 618 g/mol. The van der Waals surface area contributed by atoms with E-state index in [1.807, 2.05) is 83.8 Å². The van der Waals surface area contributed by atoms with Crippen molar-refractivity contribution in [3.8, 4) is 5.75 Å². The summed E-state index contributed by atoms with van der Waals surface area (Å²) in [7, 11) is 0. The minimum absolute atomic E-state index is 0.0127. The molecule has 4 N–H and O–H groups in total. The summed E-state index contributed by atoms with van der Waals surface area (Å²) in [5, 5.41) is 41.5. The van der Waals surface area contributed by atoms with Crippen molar-refractivity contribution in [1.82, 2.24) is 14.8 Å². The van der Waals surface area contributed by atoms with E-state index >= 15 is 0 Å². The average Bonchev–Trinajstić information content (AvgIpc) is 3.12. The van der Waals surface area contributed by atoms with E-state index in [4.69, 9.17) is 14.2 Å². The molecule has 0 unspecified atom stereocenters. The first-order chi connectivity index (χ1) is 23.3. The first-order valence-electron chi connectivity index (χ1n) is 16.0. The third kappa shape index (κ3) is 7.49. The lowest BCUT2D eigenvalue weighted by Crippen LogP contribution is -2.61. The van der Waals surface area contributed by atoms with Gasteiger partial charge in [0, 0.05) is 44.3 Å². The second-order valence-corrected chi connectivity index (χ2v) is 12.0. The zero-order chi connectivity index (χ0) is 33.6. The number of hydrogen-bond acceptors (Lipinski definition) is 10. The molecule has 6 rings (SSSR count). The van der Waals surface area contributed by atoms with E-state index in [1.165, 1.54) is 0 Å². The van der Waals surface area contributed by atoms with Crippen LogP contribution in [0.4, 0.5) is 0 Å². The molecule has 1 amide bonds. The van der Waals surface area contributed by atoms with Crippen LogP contribution in [0.25, 0.3) is 10.9 Å². The van der Waals surface area contributed by atoms with Crippen LogP contribution in [0.2, 0.25) is 0 Å². The summed E-state index contributed by atoms with van der Waals surface area (Å²) in [6.07, 6.45) is -7.77. The third-order valence-electron chi connectivity index (χ3n) is 8.83. The minimum Gasteiger partial charge on any atom is -0.490 e. The number of pyridine rings is 1. The van der Waals surface area contributed by atoms with Crippen molar-refractivity contribution in [2.75, 3.05) is 39.3 Å². The largest absolute Gasteiger partial charge is 0.490 e. The van der Waals surface area contributed by atoms with Crippen molar-refractivity contribution in [2.45, 2.75) is 42.7 Å². The second-order valence-electron chi connectivity index (χ2n) is 12.0. The number of piperazine rings is 1. The molecule has 12 nitrogen and oxygen atoms in total. The fraction of sp³-hybridized carbons (Fsp3) is 0.361. The lowest BCUT2D eigenvalue weighted by molar-refractivity contribution is -0.306. The number of carbonyl (C=O) groups is 2. The van der Waals surface area contributed by atoms with Crippen LogP contribution in [0.1, 0.15) is 17.0 Å². The fourth-order valence-corrected chi connectivity index (χ4v) is 6.26. The standard InChI is InChI=1S/C36H39N3O9/c40-30-31(41)33(35(44)45)48-36(32(30)42)47-25(22-46-28-15-7-14-27-26(28)13-8-16-37-27)21-38-17-19-39(20-18-38)34(43)29(23-9-3-1-4-10-23)24-11-5-2-6-12-24/h1-16,25,29-33,36,40-42H,17-22H2,(H,44,45)/t25-,30+,31+,32-,33+,36-/m1/s1. The minimum atomic E-state index is -1.84. The smallest absolute Gasteiger partial charge is 0.335 e. The molecule has 3 aromatic carbocycles. The van der Waals surface area contributed by atoms with E-state index in [1.54, 1.807) is 18.3 Å². The molecule has 3 heterocycles. The van der Waals surface area contributed by atoms with E-state index in [0.29, 0.717) is 31.9 Å². The van der Waals surface area contributed by atoms with Crippen LogP contribution in [-0.4, -0.2) is 123 Å². The lowest BCUT2D eigenvalue weighted by Gasteiger charge is -2.41. The van der Waals surface area contributed by atoms with Gasteiger partial charge in [-0.05, 0) is 35.4 Å². The van der Waals surface area contributed by atoms with E-state index in [2.05, 4.69) is 9.88 Å². The number of carbonyl (C=O) groups excluding carboxylic acids is 1. The van der Waals surface area contributed by atoms with Crippen molar-refractivity contribution in [1.29, 1.82) is 0 Å². The molecule has 1 aromatic heterocycles. The highest BCUT2D eigenvalue weighted by molar-refractivity contribution is 5.87. The number of nitrogens with zero attached hydrogens (tertiary/aromatic N) is 3. The molecule has 6 atom stereocenters. The zero-order valence-corrected chi connectivity index (χ0v) is 26.2. The highest BCUT2D eigenvalue weighted by Gasteiger charge is 2.48. The number of aliphatic hydroxyl groups is 3. The van der Waals surface area contributed by atoms with Crippen LogP contribution in [-0.2, 0) is 19.1 Å². The Labute approximate surface area is 277 Å². The van der Waals surface area contributed by atoms with Crippen LogP contribution < -0.4 is 4.74 Å². The van der Waals surface area contributed by atoms with Gasteiger partial charge in [-0.3, -0.25) is 14.7 Å². The van der Waals surface area contributed by atoms with E-state index < -0.39 is 48.7 Å². The molecule has 0 radical (unpaired) electrons. The molecule has 12 heteroatoms. The van der Waals surface area contributed by atoms with Crippen LogP contribution in [0.3, 0.4) is 0 Å². The molecule has 0 aliphatic carbocycles. The molecule has 0 bridgehead atoms. The number of aromatic nitrogens is 1. The SMILES string of the molecule is O=C(O)[C@H]1O[C@@H](O[C@@H](COc2cccc3ncccc23)CN2CCN(C(=O)C(c3ccccc3)c3ccccc3)CC2)[C@H](O)[C@@H](O)[C@@H]1O. The molecule has 0 spiro atoms. The number of aliphatic carboxylic acids is 1. The van der Waals surface area contributed by atoms with Crippen molar-refractivity contribution in [2.24, 2.45) is 0 Å². The van der Waals surface area contributed by atoms with Gasteiger partial charge in [0.05, 0.1) is 11.4 Å². The number of amides is 1. The fourth-order valence-electron chi connectivity index (χ4n) is 6.26. The van der Waals surface area contributed by atoms with Gasteiger partial charge in [-0.25, -0.2) is 4.79 Å². The van der Waals surface area contributed by atoms with Gasteiger partial charge in [0.15, 0.2) is 12.4 Å². The number of fused-ring (bicyclic) bond motifs is 1. The molecule has 2 saturated heterocycles. The monoisotopic (exact) mass is 657 g/mol. The lowest BCUT2D eigenvalue weighted by atomic mass is 9.90. The topological polar surface area (TPSA) is 162 Å². The predicted octanol–water partition coefficient (Wildman–Crippen LogP) is 1.87. The van der Waals surface area contributed by atoms with E-state index in [9.17, 15) is 30.0 Å². The Morgan fingerprint density at radius 1 is 0.812 bits per heavy atom. The molecular formula is C36H39N3O9. The summed E-state index contributed by atoms with van der Waals surface area (Å²) < 4.78 is 17.7. The Hall–Kier alpha value is -4.43. The summed E-state index contributed by atoms with van der Waals surface area (Å²) in [6, 6.07) is 28.6. The van der Waals surface area contributed by atoms with Gasteiger partial charge >= 0.3 is 5.97 Å². The Morgan fingerprint density at radius 2 is 1.48 bits per heavy atom. The maximum absolute atomic E-state index is 14.0. The molecule has 4 aromatic rings. The van der Waals surface area contributed by atoms with Crippen LogP contribution in [0.15, 0.2) is 97.2 Å². The third-order valence-corrected chi connectivity index (χ3v) is 8.83.